The maximum atomic E-state index is 13.3. The van der Waals surface area contributed by atoms with E-state index in [4.69, 9.17) is 9.47 Å². The highest BCUT2D eigenvalue weighted by Crippen LogP contribution is 2.36. The highest BCUT2D eigenvalue weighted by molar-refractivity contribution is 9.10. The number of anilines is 1. The van der Waals surface area contributed by atoms with Crippen LogP contribution in [0, 0.1) is 0 Å². The van der Waals surface area contributed by atoms with Gasteiger partial charge in [-0.1, -0.05) is 63.0 Å². The summed E-state index contributed by atoms with van der Waals surface area (Å²) in [5.41, 5.74) is 2.77. The summed E-state index contributed by atoms with van der Waals surface area (Å²) < 4.78 is 13.3. The van der Waals surface area contributed by atoms with Crippen molar-refractivity contribution in [3.05, 3.63) is 91.9 Å². The predicted molar refractivity (Wildman–Crippen MR) is 149 cm³/mol. The molecule has 1 aliphatic rings. The Morgan fingerprint density at radius 2 is 1.51 bits per heavy atom. The first-order chi connectivity index (χ1) is 17.8. The van der Waals surface area contributed by atoms with Gasteiger partial charge in [0.1, 0.15) is 12.2 Å². The number of nitrogens with one attached hydrogen (secondary N) is 1. The first kappa shape index (κ1) is 26.6. The fourth-order valence-corrected chi connectivity index (χ4v) is 4.41. The number of amides is 4. The lowest BCUT2D eigenvalue weighted by Gasteiger charge is -2.26. The second kappa shape index (κ2) is 11.7. The third-order valence-electron chi connectivity index (χ3n) is 5.67. The Bertz CT molecular complexity index is 1370. The number of benzene rings is 3. The van der Waals surface area contributed by atoms with Crippen LogP contribution in [0.1, 0.15) is 30.5 Å². The van der Waals surface area contributed by atoms with E-state index in [1.165, 1.54) is 6.08 Å². The number of imide groups is 2. The molecule has 1 fully saturated rings. The van der Waals surface area contributed by atoms with Crippen molar-refractivity contribution in [2.75, 3.05) is 11.5 Å². The SMILES string of the molecule is CCOc1cc(/C=C2/C(=O)NC(=O)N(c3ccc(CC)cc3)C2=O)c(Br)cc1OCc1ccc(Br)cc1. The van der Waals surface area contributed by atoms with E-state index >= 15 is 0 Å². The number of hydrogen-bond acceptors (Lipinski definition) is 5. The molecule has 1 saturated heterocycles. The van der Waals surface area contributed by atoms with Crippen LogP contribution in [0.15, 0.2) is 75.2 Å². The van der Waals surface area contributed by atoms with Gasteiger partial charge in [-0.15, -0.1) is 0 Å². The Balaban J connectivity index is 1.64. The predicted octanol–water partition coefficient (Wildman–Crippen LogP) is 6.42. The van der Waals surface area contributed by atoms with Gasteiger partial charge in [0.15, 0.2) is 11.5 Å². The van der Waals surface area contributed by atoms with Crippen LogP contribution in [0.4, 0.5) is 10.5 Å². The topological polar surface area (TPSA) is 84.9 Å². The lowest BCUT2D eigenvalue weighted by atomic mass is 10.1. The molecule has 9 heteroatoms. The fraction of sp³-hybridized carbons (Fsp3) is 0.179. The molecule has 37 heavy (non-hydrogen) atoms. The molecule has 0 spiro atoms. The Labute approximate surface area is 231 Å². The molecule has 1 heterocycles. The van der Waals surface area contributed by atoms with E-state index in [2.05, 4.69) is 37.2 Å². The van der Waals surface area contributed by atoms with Crippen LogP contribution in [0.5, 0.6) is 11.5 Å². The summed E-state index contributed by atoms with van der Waals surface area (Å²) in [4.78, 5) is 39.4. The monoisotopic (exact) mass is 626 g/mol. The average molecular weight is 628 g/mol. The van der Waals surface area contributed by atoms with E-state index in [-0.39, 0.29) is 5.57 Å². The van der Waals surface area contributed by atoms with E-state index in [9.17, 15) is 14.4 Å². The van der Waals surface area contributed by atoms with Crippen molar-refractivity contribution < 1.29 is 23.9 Å². The normalized spacial score (nSPS) is 14.6. The van der Waals surface area contributed by atoms with Crippen LogP contribution in [0.2, 0.25) is 0 Å². The molecule has 3 aromatic carbocycles. The fourth-order valence-electron chi connectivity index (χ4n) is 3.71. The Hall–Kier alpha value is -3.43. The summed E-state index contributed by atoms with van der Waals surface area (Å²) in [7, 11) is 0. The number of barbiturate groups is 1. The summed E-state index contributed by atoms with van der Waals surface area (Å²) >= 11 is 6.93. The van der Waals surface area contributed by atoms with Crippen LogP contribution in [0.3, 0.4) is 0 Å². The number of carbonyl (C=O) groups excluding carboxylic acids is 3. The highest BCUT2D eigenvalue weighted by Gasteiger charge is 2.37. The van der Waals surface area contributed by atoms with Crippen molar-refractivity contribution in [2.45, 2.75) is 26.9 Å². The molecule has 0 unspecified atom stereocenters. The van der Waals surface area contributed by atoms with Gasteiger partial charge in [0.25, 0.3) is 11.8 Å². The minimum absolute atomic E-state index is 0.175. The summed E-state index contributed by atoms with van der Waals surface area (Å²) in [5.74, 6) is -0.511. The molecule has 0 aromatic heterocycles. The summed E-state index contributed by atoms with van der Waals surface area (Å²) in [6, 6.07) is 17.5. The third-order valence-corrected chi connectivity index (χ3v) is 6.89. The molecule has 4 amide bonds. The molecule has 1 N–H and O–H groups in total. The van der Waals surface area contributed by atoms with Gasteiger partial charge in [-0.3, -0.25) is 14.9 Å². The van der Waals surface area contributed by atoms with Gasteiger partial charge < -0.3 is 9.47 Å². The molecule has 0 atom stereocenters. The summed E-state index contributed by atoms with van der Waals surface area (Å²) in [6.45, 7) is 4.58. The van der Waals surface area contributed by atoms with E-state index in [1.54, 1.807) is 24.3 Å². The van der Waals surface area contributed by atoms with Crippen LogP contribution >= 0.6 is 31.9 Å². The van der Waals surface area contributed by atoms with Crippen LogP contribution < -0.4 is 19.7 Å². The van der Waals surface area contributed by atoms with Crippen molar-refractivity contribution in [2.24, 2.45) is 0 Å². The third kappa shape index (κ3) is 6.11. The van der Waals surface area contributed by atoms with Crippen molar-refractivity contribution in [1.29, 1.82) is 0 Å². The zero-order valence-electron chi connectivity index (χ0n) is 20.2. The largest absolute Gasteiger partial charge is 0.490 e. The zero-order valence-corrected chi connectivity index (χ0v) is 23.4. The van der Waals surface area contributed by atoms with E-state index < -0.39 is 17.8 Å². The molecule has 1 aliphatic heterocycles. The second-order valence-electron chi connectivity index (χ2n) is 8.15. The molecule has 3 aromatic rings. The second-order valence-corrected chi connectivity index (χ2v) is 9.92. The number of nitrogens with zero attached hydrogens (tertiary/aromatic N) is 1. The molecule has 4 rings (SSSR count). The van der Waals surface area contributed by atoms with Gasteiger partial charge in [-0.05, 0) is 72.5 Å². The van der Waals surface area contributed by atoms with Crippen molar-refractivity contribution in [3.63, 3.8) is 0 Å². The molecule has 0 radical (unpaired) electrons. The number of carbonyl (C=O) groups is 3. The maximum absolute atomic E-state index is 13.3. The quantitative estimate of drug-likeness (QED) is 0.230. The van der Waals surface area contributed by atoms with Crippen molar-refractivity contribution in [1.82, 2.24) is 5.32 Å². The first-order valence-corrected chi connectivity index (χ1v) is 13.2. The molecular formula is C28H24Br2N2O5. The van der Waals surface area contributed by atoms with Crippen LogP contribution in [-0.2, 0) is 22.6 Å². The first-order valence-electron chi connectivity index (χ1n) is 11.6. The minimum Gasteiger partial charge on any atom is -0.490 e. The molecular weight excluding hydrogens is 604 g/mol. The van der Waals surface area contributed by atoms with Crippen molar-refractivity contribution in [3.8, 4) is 11.5 Å². The minimum atomic E-state index is -0.790. The van der Waals surface area contributed by atoms with Gasteiger partial charge in [0.05, 0.1) is 12.3 Å². The maximum Gasteiger partial charge on any atom is 0.335 e. The average Bonchev–Trinajstić information content (AvgIpc) is 2.88. The number of ether oxygens (including phenoxy) is 2. The summed E-state index contributed by atoms with van der Waals surface area (Å²) in [5, 5.41) is 2.25. The smallest absolute Gasteiger partial charge is 0.335 e. The van der Waals surface area contributed by atoms with E-state index in [0.29, 0.717) is 40.4 Å². The number of hydrogen-bond donors (Lipinski definition) is 1. The van der Waals surface area contributed by atoms with E-state index in [1.807, 2.05) is 50.2 Å². The Kier molecular flexibility index (Phi) is 8.45. The number of urea groups is 1. The molecule has 190 valence electrons. The number of aryl methyl sites for hydroxylation is 1. The number of rotatable bonds is 8. The highest BCUT2D eigenvalue weighted by atomic mass is 79.9. The van der Waals surface area contributed by atoms with Gasteiger partial charge >= 0.3 is 6.03 Å². The molecule has 0 saturated carbocycles. The lowest BCUT2D eigenvalue weighted by Crippen LogP contribution is -2.54. The van der Waals surface area contributed by atoms with Crippen LogP contribution in [0.25, 0.3) is 6.08 Å². The van der Waals surface area contributed by atoms with Gasteiger partial charge in [-0.2, -0.15) is 0 Å². The van der Waals surface area contributed by atoms with Gasteiger partial charge in [0, 0.05) is 8.95 Å². The number of halogens is 2. The van der Waals surface area contributed by atoms with Crippen LogP contribution in [-0.4, -0.2) is 24.5 Å². The summed E-state index contributed by atoms with van der Waals surface area (Å²) in [6.07, 6.45) is 2.26. The zero-order chi connectivity index (χ0) is 26.5. The molecule has 0 aliphatic carbocycles. The standard InChI is InChI=1S/C28H24Br2N2O5/c1-3-17-7-11-21(12-8-17)32-27(34)22(26(33)31-28(32)35)13-19-14-24(36-4-2)25(15-23(19)30)37-16-18-5-9-20(29)10-6-18/h5-15H,3-4,16H2,1-2H3,(H,31,33,35)/b22-13-. The lowest BCUT2D eigenvalue weighted by molar-refractivity contribution is -0.122. The Morgan fingerprint density at radius 3 is 2.16 bits per heavy atom. The van der Waals surface area contributed by atoms with Gasteiger partial charge in [-0.25, -0.2) is 9.69 Å². The van der Waals surface area contributed by atoms with E-state index in [0.717, 1.165) is 26.9 Å². The Morgan fingerprint density at radius 1 is 0.865 bits per heavy atom. The molecule has 0 bridgehead atoms. The van der Waals surface area contributed by atoms with Gasteiger partial charge in [0.2, 0.25) is 0 Å². The molecule has 7 nitrogen and oxygen atoms in total. The van der Waals surface area contributed by atoms with Crippen molar-refractivity contribution >= 4 is 61.5 Å².